The third kappa shape index (κ3) is 1.24. The number of aromatic amines is 1. The highest BCUT2D eigenvalue weighted by molar-refractivity contribution is 5.90. The van der Waals surface area contributed by atoms with Crippen molar-refractivity contribution in [3.63, 3.8) is 0 Å². The average Bonchev–Trinajstić information content (AvgIpc) is 2.81. The molecule has 4 nitrogen and oxygen atoms in total. The highest BCUT2D eigenvalue weighted by Crippen LogP contribution is 2.24. The molecule has 0 atom stereocenters. The molecule has 2 aromatic heterocycles. The van der Waals surface area contributed by atoms with E-state index in [2.05, 4.69) is 10.2 Å². The fourth-order valence-corrected chi connectivity index (χ4v) is 1.71. The molecule has 0 saturated heterocycles. The Bertz CT molecular complexity index is 683. The lowest BCUT2D eigenvalue weighted by Crippen LogP contribution is -2.07. The third-order valence-electron chi connectivity index (χ3n) is 2.44. The van der Waals surface area contributed by atoms with Crippen molar-refractivity contribution in [2.45, 2.75) is 0 Å². The van der Waals surface area contributed by atoms with Crippen LogP contribution in [0.4, 0.5) is 0 Å². The van der Waals surface area contributed by atoms with Gasteiger partial charge in [0, 0.05) is 5.56 Å². The number of rotatable bonds is 1. The van der Waals surface area contributed by atoms with Gasteiger partial charge in [-0.3, -0.25) is 4.79 Å². The zero-order valence-corrected chi connectivity index (χ0v) is 8.31. The smallest absolute Gasteiger partial charge is 0.307 e. The van der Waals surface area contributed by atoms with Gasteiger partial charge in [0.2, 0.25) is 5.58 Å². The molecule has 1 N–H and O–H groups in total. The van der Waals surface area contributed by atoms with E-state index in [0.29, 0.717) is 5.58 Å². The molecule has 0 bridgehead atoms. The number of aromatic nitrogens is 2. The summed E-state index contributed by atoms with van der Waals surface area (Å²) < 4.78 is 5.13. The maximum atomic E-state index is 11.4. The summed E-state index contributed by atoms with van der Waals surface area (Å²) in [5.74, 6) is 0. The van der Waals surface area contributed by atoms with Crippen LogP contribution in [0.15, 0.2) is 51.9 Å². The number of nitrogens with one attached hydrogen (secondary N) is 1. The van der Waals surface area contributed by atoms with E-state index in [1.807, 2.05) is 30.3 Å². The maximum absolute atomic E-state index is 11.4. The van der Waals surface area contributed by atoms with Crippen molar-refractivity contribution in [2.75, 3.05) is 0 Å². The Kier molecular flexibility index (Phi) is 1.86. The first-order valence-electron chi connectivity index (χ1n) is 4.87. The molecule has 0 unspecified atom stereocenters. The van der Waals surface area contributed by atoms with Crippen LogP contribution in [0.3, 0.4) is 0 Å². The Morgan fingerprint density at radius 2 is 1.94 bits per heavy atom. The maximum Gasteiger partial charge on any atom is 0.307 e. The Hall–Kier alpha value is -2.36. The molecule has 0 spiro atoms. The van der Waals surface area contributed by atoms with Crippen molar-refractivity contribution in [1.29, 1.82) is 0 Å². The summed E-state index contributed by atoms with van der Waals surface area (Å²) in [7, 11) is 0. The van der Waals surface area contributed by atoms with Crippen LogP contribution in [-0.2, 0) is 0 Å². The minimum Gasteiger partial charge on any atom is -0.458 e. The Balaban J connectivity index is 2.37. The summed E-state index contributed by atoms with van der Waals surface area (Å²) in [6.45, 7) is 0. The number of hydrogen-bond acceptors (Lipinski definition) is 3. The van der Waals surface area contributed by atoms with Crippen LogP contribution in [0, 0.1) is 0 Å². The number of H-pyrrole nitrogens is 1. The van der Waals surface area contributed by atoms with Crippen LogP contribution in [0.2, 0.25) is 0 Å². The van der Waals surface area contributed by atoms with Gasteiger partial charge in [-0.15, -0.1) is 0 Å². The van der Waals surface area contributed by atoms with Crippen molar-refractivity contribution in [1.82, 2.24) is 10.2 Å². The Labute approximate surface area is 90.5 Å². The van der Waals surface area contributed by atoms with E-state index in [-0.39, 0.29) is 5.56 Å². The SMILES string of the molecule is O=c1[nH]nc(-c2ccccc2)c2ccoc12. The van der Waals surface area contributed by atoms with E-state index in [1.54, 1.807) is 6.07 Å². The third-order valence-corrected chi connectivity index (χ3v) is 2.44. The minimum atomic E-state index is -0.306. The van der Waals surface area contributed by atoms with Gasteiger partial charge in [0.05, 0.1) is 11.6 Å². The summed E-state index contributed by atoms with van der Waals surface area (Å²) in [6, 6.07) is 11.4. The van der Waals surface area contributed by atoms with E-state index in [0.717, 1.165) is 16.6 Å². The molecule has 78 valence electrons. The van der Waals surface area contributed by atoms with Crippen LogP contribution in [-0.4, -0.2) is 10.2 Å². The van der Waals surface area contributed by atoms with Gasteiger partial charge in [0.1, 0.15) is 5.69 Å². The van der Waals surface area contributed by atoms with Crippen LogP contribution in [0.25, 0.3) is 22.2 Å². The molecule has 0 fully saturated rings. The summed E-state index contributed by atoms with van der Waals surface area (Å²) in [4.78, 5) is 11.4. The molecule has 0 amide bonds. The molecule has 0 aliphatic rings. The lowest BCUT2D eigenvalue weighted by molar-refractivity contribution is 0.609. The molecule has 3 rings (SSSR count). The monoisotopic (exact) mass is 212 g/mol. The fourth-order valence-electron chi connectivity index (χ4n) is 1.71. The zero-order valence-electron chi connectivity index (χ0n) is 8.31. The fraction of sp³-hybridized carbons (Fsp3) is 0. The molecule has 3 aromatic rings. The van der Waals surface area contributed by atoms with E-state index in [1.165, 1.54) is 6.26 Å². The van der Waals surface area contributed by atoms with Crippen molar-refractivity contribution in [3.05, 3.63) is 53.0 Å². The molecule has 0 aliphatic carbocycles. The van der Waals surface area contributed by atoms with E-state index >= 15 is 0 Å². The Morgan fingerprint density at radius 3 is 2.75 bits per heavy atom. The standard InChI is InChI=1S/C12H8N2O2/c15-12-11-9(6-7-16-11)10(13-14-12)8-4-2-1-3-5-8/h1-7H,(H,14,15). The van der Waals surface area contributed by atoms with Gasteiger partial charge >= 0.3 is 5.56 Å². The summed E-state index contributed by atoms with van der Waals surface area (Å²) in [5, 5.41) is 7.21. The second-order valence-electron chi connectivity index (χ2n) is 3.43. The molecular weight excluding hydrogens is 204 g/mol. The number of benzene rings is 1. The molecule has 0 radical (unpaired) electrons. The van der Waals surface area contributed by atoms with Gasteiger partial charge < -0.3 is 4.42 Å². The van der Waals surface area contributed by atoms with Gasteiger partial charge in [-0.2, -0.15) is 5.10 Å². The van der Waals surface area contributed by atoms with Gasteiger partial charge in [-0.05, 0) is 6.07 Å². The van der Waals surface area contributed by atoms with Gasteiger partial charge in [0.15, 0.2) is 0 Å². The van der Waals surface area contributed by atoms with E-state index in [9.17, 15) is 4.79 Å². The van der Waals surface area contributed by atoms with Gasteiger partial charge in [-0.25, -0.2) is 5.10 Å². The molecule has 0 saturated carbocycles. The number of nitrogens with zero attached hydrogens (tertiary/aromatic N) is 1. The van der Waals surface area contributed by atoms with Crippen LogP contribution in [0.5, 0.6) is 0 Å². The number of furan rings is 1. The number of fused-ring (bicyclic) bond motifs is 1. The summed E-state index contributed by atoms with van der Waals surface area (Å²) in [5.41, 5.74) is 1.68. The lowest BCUT2D eigenvalue weighted by Gasteiger charge is -2.00. The molecular formula is C12H8N2O2. The average molecular weight is 212 g/mol. The quantitative estimate of drug-likeness (QED) is 0.672. The van der Waals surface area contributed by atoms with Crippen LogP contribution >= 0.6 is 0 Å². The summed E-state index contributed by atoms with van der Waals surface area (Å²) >= 11 is 0. The highest BCUT2D eigenvalue weighted by Gasteiger charge is 2.10. The summed E-state index contributed by atoms with van der Waals surface area (Å²) in [6.07, 6.45) is 1.49. The first-order valence-corrected chi connectivity index (χ1v) is 4.87. The second kappa shape index (κ2) is 3.34. The predicted octanol–water partition coefficient (Wildman–Crippen LogP) is 2.18. The van der Waals surface area contributed by atoms with Crippen LogP contribution in [0.1, 0.15) is 0 Å². The van der Waals surface area contributed by atoms with Crippen molar-refractivity contribution in [2.24, 2.45) is 0 Å². The van der Waals surface area contributed by atoms with Gasteiger partial charge in [0.25, 0.3) is 0 Å². The molecule has 16 heavy (non-hydrogen) atoms. The Morgan fingerprint density at radius 1 is 1.12 bits per heavy atom. The minimum absolute atomic E-state index is 0.306. The predicted molar refractivity (Wildman–Crippen MR) is 60.1 cm³/mol. The van der Waals surface area contributed by atoms with E-state index in [4.69, 9.17) is 4.42 Å². The lowest BCUT2D eigenvalue weighted by atomic mass is 10.1. The molecule has 4 heteroatoms. The largest absolute Gasteiger partial charge is 0.458 e. The molecule has 1 aromatic carbocycles. The molecule has 0 aliphatic heterocycles. The van der Waals surface area contributed by atoms with Crippen molar-refractivity contribution >= 4 is 11.0 Å². The first kappa shape index (κ1) is 8.91. The topological polar surface area (TPSA) is 58.9 Å². The van der Waals surface area contributed by atoms with Crippen LogP contribution < -0.4 is 5.56 Å². The first-order chi connectivity index (χ1) is 7.86. The highest BCUT2D eigenvalue weighted by atomic mass is 16.3. The van der Waals surface area contributed by atoms with Crippen molar-refractivity contribution in [3.8, 4) is 11.3 Å². The molecule has 2 heterocycles. The van der Waals surface area contributed by atoms with Crippen molar-refractivity contribution < 1.29 is 4.42 Å². The second-order valence-corrected chi connectivity index (χ2v) is 3.43. The number of hydrogen-bond donors (Lipinski definition) is 1. The normalized spacial score (nSPS) is 10.8. The van der Waals surface area contributed by atoms with E-state index < -0.39 is 0 Å². The zero-order chi connectivity index (χ0) is 11.0. The van der Waals surface area contributed by atoms with Gasteiger partial charge in [-0.1, -0.05) is 30.3 Å².